The Morgan fingerprint density at radius 3 is 2.73 bits per heavy atom. The molecule has 0 unspecified atom stereocenters. The summed E-state index contributed by atoms with van der Waals surface area (Å²) in [4.78, 5) is 15.5. The minimum atomic E-state index is -0.303. The second-order valence-electron chi connectivity index (χ2n) is 2.67. The molecule has 0 heterocycles. The number of carbonyl (C=O) groups is 1. The zero-order chi connectivity index (χ0) is 11.5. The first-order valence-corrected chi connectivity index (χ1v) is 5.17. The number of hydrogen-bond donors (Lipinski definition) is 0. The van der Waals surface area contributed by atoms with Gasteiger partial charge in [-0.15, -0.1) is 11.6 Å². The van der Waals surface area contributed by atoms with Crippen LogP contribution >= 0.6 is 11.6 Å². The normalized spacial score (nSPS) is 9.73. The van der Waals surface area contributed by atoms with E-state index in [1.54, 1.807) is 0 Å². The summed E-state index contributed by atoms with van der Waals surface area (Å²) < 4.78 is 4.82. The van der Waals surface area contributed by atoms with Crippen molar-refractivity contribution < 1.29 is 14.4 Å². The van der Waals surface area contributed by atoms with E-state index >= 15 is 0 Å². The molecule has 0 N–H and O–H groups in total. The van der Waals surface area contributed by atoms with E-state index in [9.17, 15) is 10.0 Å². The van der Waals surface area contributed by atoms with Crippen molar-refractivity contribution in [2.45, 2.75) is 19.3 Å². The number of esters is 1. The van der Waals surface area contributed by atoms with Gasteiger partial charge in [-0.05, 0) is 12.8 Å². The number of unbranched alkanes of at least 4 members (excludes halogenated alkanes) is 1. The Morgan fingerprint density at radius 2 is 2.13 bits per heavy atom. The highest BCUT2D eigenvalue weighted by molar-refractivity contribution is 6.18. The second kappa shape index (κ2) is 9.76. The van der Waals surface area contributed by atoms with E-state index in [4.69, 9.17) is 16.3 Å². The van der Waals surface area contributed by atoms with Crippen LogP contribution in [-0.4, -0.2) is 30.3 Å². The Kier molecular flexibility index (Phi) is 9.26. The number of ether oxygens (including phenoxy) is 1. The fourth-order valence-corrected chi connectivity index (χ4v) is 0.901. The van der Waals surface area contributed by atoms with Crippen molar-refractivity contribution in [2.24, 2.45) is 0 Å². The van der Waals surface area contributed by atoms with Crippen LogP contribution in [0.3, 0.4) is 0 Å². The Hall–Kier alpha value is -0.780. The number of hydroxylamine groups is 2. The minimum absolute atomic E-state index is 0.225. The smallest absolute Gasteiger partial charge is 0.306 e. The van der Waals surface area contributed by atoms with Gasteiger partial charge in [0.15, 0.2) is 0 Å². The van der Waals surface area contributed by atoms with Gasteiger partial charge in [-0.1, -0.05) is 6.58 Å². The highest BCUT2D eigenvalue weighted by atomic mass is 35.5. The number of hydrogen-bond acceptors (Lipinski definition) is 5. The lowest BCUT2D eigenvalue weighted by molar-refractivity contribution is -0.143. The summed E-state index contributed by atoms with van der Waals surface area (Å²) in [6, 6.07) is 0. The number of alkyl halides is 1. The number of nitrogens with zero attached hydrogens (tertiary/aromatic N) is 1. The van der Waals surface area contributed by atoms with Crippen LogP contribution in [0.15, 0.2) is 12.8 Å². The van der Waals surface area contributed by atoms with E-state index in [-0.39, 0.29) is 24.9 Å². The predicted octanol–water partition coefficient (Wildman–Crippen LogP) is 1.81. The second-order valence-corrected chi connectivity index (χ2v) is 3.05. The van der Waals surface area contributed by atoms with Crippen molar-refractivity contribution in [3.8, 4) is 0 Å². The van der Waals surface area contributed by atoms with Crippen LogP contribution in [0.25, 0.3) is 0 Å². The molecule has 0 aliphatic carbocycles. The average Bonchev–Trinajstić information content (AvgIpc) is 2.23. The lowest BCUT2D eigenvalue weighted by atomic mass is 10.3. The fourth-order valence-electron chi connectivity index (χ4n) is 0.747. The predicted molar refractivity (Wildman–Crippen MR) is 56.9 cm³/mol. The largest absolute Gasteiger partial charge is 0.734 e. The van der Waals surface area contributed by atoms with Gasteiger partial charge >= 0.3 is 5.97 Å². The van der Waals surface area contributed by atoms with Crippen molar-refractivity contribution in [3.05, 3.63) is 18.0 Å². The third kappa shape index (κ3) is 9.52. The molecule has 0 saturated carbocycles. The summed E-state index contributed by atoms with van der Waals surface area (Å²) >= 11 is 5.34. The number of carbonyl (C=O) groups excluding carboxylic acids is 1. The van der Waals surface area contributed by atoms with Gasteiger partial charge in [0.25, 0.3) is 0 Å². The molecule has 0 bridgehead atoms. The molecular weight excluding hydrogens is 222 g/mol. The highest BCUT2D eigenvalue weighted by Gasteiger charge is 2.00. The van der Waals surface area contributed by atoms with Crippen LogP contribution < -0.4 is 0 Å². The first-order chi connectivity index (χ1) is 7.20. The maximum absolute atomic E-state index is 10.8. The standard InChI is InChI=1S/C9H15ClNO4/c1-2-11(13)15-8-4-3-7-14-9(12)5-6-10/h2H,1,3-8H2/q-1. The minimum Gasteiger partial charge on any atom is -0.734 e. The van der Waals surface area contributed by atoms with Crippen molar-refractivity contribution in [1.29, 1.82) is 0 Å². The van der Waals surface area contributed by atoms with Crippen molar-refractivity contribution in [1.82, 2.24) is 5.23 Å². The Bertz CT molecular complexity index is 189. The molecule has 0 aromatic carbocycles. The summed E-state index contributed by atoms with van der Waals surface area (Å²) in [7, 11) is 0. The molecule has 5 nitrogen and oxygen atoms in total. The molecule has 0 radical (unpaired) electrons. The zero-order valence-corrected chi connectivity index (χ0v) is 9.24. The van der Waals surface area contributed by atoms with E-state index in [2.05, 4.69) is 11.4 Å². The molecule has 0 amide bonds. The monoisotopic (exact) mass is 236 g/mol. The van der Waals surface area contributed by atoms with E-state index < -0.39 is 0 Å². The molecule has 0 spiro atoms. The van der Waals surface area contributed by atoms with Crippen LogP contribution in [0.1, 0.15) is 19.3 Å². The fraction of sp³-hybridized carbons (Fsp3) is 0.667. The SMILES string of the molecule is C=CN([O-])OCCCCOC(=O)CCCl. The van der Waals surface area contributed by atoms with Gasteiger partial charge in [0, 0.05) is 12.1 Å². The summed E-state index contributed by atoms with van der Waals surface area (Å²) in [5.41, 5.74) is 0. The van der Waals surface area contributed by atoms with E-state index in [1.165, 1.54) is 0 Å². The van der Waals surface area contributed by atoms with Gasteiger partial charge in [-0.3, -0.25) is 9.63 Å². The Balaban J connectivity index is 3.17. The molecule has 0 aliphatic rings. The number of rotatable bonds is 9. The molecule has 0 aliphatic heterocycles. The summed E-state index contributed by atoms with van der Waals surface area (Å²) in [6.07, 6.45) is 2.54. The molecule has 6 heteroatoms. The van der Waals surface area contributed by atoms with E-state index in [1.807, 2.05) is 0 Å². The molecule has 0 aromatic rings. The third-order valence-corrected chi connectivity index (χ3v) is 1.66. The maximum atomic E-state index is 10.8. The Morgan fingerprint density at radius 1 is 1.47 bits per heavy atom. The molecule has 0 aromatic heterocycles. The number of halogens is 1. The lowest BCUT2D eigenvalue weighted by Gasteiger charge is -2.23. The molecule has 0 rings (SSSR count). The van der Waals surface area contributed by atoms with Crippen LogP contribution in [0, 0.1) is 5.21 Å². The molecule has 88 valence electrons. The van der Waals surface area contributed by atoms with Crippen molar-refractivity contribution in [3.63, 3.8) is 0 Å². The topological polar surface area (TPSA) is 61.8 Å². The van der Waals surface area contributed by atoms with Crippen LogP contribution in [0.4, 0.5) is 0 Å². The summed E-state index contributed by atoms with van der Waals surface area (Å²) in [5, 5.41) is 10.8. The van der Waals surface area contributed by atoms with Gasteiger partial charge in [0.2, 0.25) is 0 Å². The summed E-state index contributed by atoms with van der Waals surface area (Å²) in [5.74, 6) is -0.0330. The van der Waals surface area contributed by atoms with Crippen LogP contribution in [0.5, 0.6) is 0 Å². The van der Waals surface area contributed by atoms with Gasteiger partial charge in [0.1, 0.15) is 0 Å². The highest BCUT2D eigenvalue weighted by Crippen LogP contribution is 1.96. The quantitative estimate of drug-likeness (QED) is 0.264. The first kappa shape index (κ1) is 14.2. The Labute approximate surface area is 94.1 Å². The lowest BCUT2D eigenvalue weighted by Crippen LogP contribution is -2.11. The van der Waals surface area contributed by atoms with Crippen molar-refractivity contribution >= 4 is 17.6 Å². The summed E-state index contributed by atoms with van der Waals surface area (Å²) in [6.45, 7) is 3.83. The average molecular weight is 237 g/mol. The van der Waals surface area contributed by atoms with Gasteiger partial charge in [0.05, 0.1) is 19.6 Å². The van der Waals surface area contributed by atoms with Crippen LogP contribution in [-0.2, 0) is 14.4 Å². The molecule has 0 fully saturated rings. The third-order valence-electron chi connectivity index (χ3n) is 1.47. The van der Waals surface area contributed by atoms with Gasteiger partial charge in [-0.2, -0.15) is 0 Å². The van der Waals surface area contributed by atoms with Gasteiger partial charge in [-0.25, -0.2) is 0 Å². The van der Waals surface area contributed by atoms with Gasteiger partial charge < -0.3 is 15.2 Å². The first-order valence-electron chi connectivity index (χ1n) is 4.64. The molecule has 0 saturated heterocycles. The van der Waals surface area contributed by atoms with Crippen molar-refractivity contribution in [2.75, 3.05) is 19.1 Å². The molecular formula is C9H15ClNO4-. The zero-order valence-electron chi connectivity index (χ0n) is 8.49. The van der Waals surface area contributed by atoms with E-state index in [0.717, 1.165) is 6.20 Å². The molecule has 15 heavy (non-hydrogen) atoms. The molecule has 0 atom stereocenters. The van der Waals surface area contributed by atoms with Crippen LogP contribution in [0.2, 0.25) is 0 Å². The van der Waals surface area contributed by atoms with E-state index in [0.29, 0.717) is 24.7 Å². The maximum Gasteiger partial charge on any atom is 0.306 e.